The number of methoxy groups -OCH3 is 1. The van der Waals surface area contributed by atoms with Crippen molar-refractivity contribution in [2.45, 2.75) is 8.69 Å². The third kappa shape index (κ3) is 4.97. The number of alkyl halides is 3. The van der Waals surface area contributed by atoms with Gasteiger partial charge in [0, 0.05) is 43.3 Å². The van der Waals surface area contributed by atoms with Gasteiger partial charge in [-0.1, -0.05) is 58.0 Å². The number of carbonyl (C=O) groups excluding carboxylic acids is 2. The van der Waals surface area contributed by atoms with Crippen molar-refractivity contribution in [1.29, 1.82) is 0 Å². The summed E-state index contributed by atoms with van der Waals surface area (Å²) >= 11 is 29.4. The summed E-state index contributed by atoms with van der Waals surface area (Å²) in [5.74, 6) is -0.185. The Hall–Kier alpha value is -1.88. The Morgan fingerprint density at radius 1 is 1.03 bits per heavy atom. The van der Waals surface area contributed by atoms with Crippen LogP contribution in [0.4, 0.5) is 5.69 Å². The molecular weight excluding hydrogens is 596 g/mol. The van der Waals surface area contributed by atoms with Gasteiger partial charge in [0.1, 0.15) is 5.75 Å². The number of rotatable bonds is 5. The Bertz CT molecular complexity index is 1460. The van der Waals surface area contributed by atoms with Crippen molar-refractivity contribution in [3.8, 4) is 5.75 Å². The van der Waals surface area contributed by atoms with E-state index in [0.29, 0.717) is 36.2 Å². The van der Waals surface area contributed by atoms with Gasteiger partial charge in [0.05, 0.1) is 33.3 Å². The molecule has 1 saturated heterocycles. The molecule has 2 heterocycles. The maximum Gasteiger partial charge on any atom is 0.274 e. The number of anilines is 1. The molecule has 0 radical (unpaired) electrons. The maximum atomic E-state index is 13.7. The van der Waals surface area contributed by atoms with Crippen LogP contribution in [0.15, 0.2) is 41.4 Å². The first kappa shape index (κ1) is 27.2. The largest absolute Gasteiger partial charge is 0.495 e. The van der Waals surface area contributed by atoms with Crippen molar-refractivity contribution in [3.05, 3.63) is 52.1 Å². The first-order valence-electron chi connectivity index (χ1n) is 10.4. The second-order valence-electron chi connectivity index (χ2n) is 7.90. The van der Waals surface area contributed by atoms with Crippen molar-refractivity contribution >= 4 is 96.8 Å². The second kappa shape index (κ2) is 10.1. The Morgan fingerprint density at radius 2 is 1.67 bits per heavy atom. The minimum atomic E-state index is -4.16. The zero-order chi connectivity index (χ0) is 26.4. The van der Waals surface area contributed by atoms with E-state index in [2.05, 4.69) is 0 Å². The SMILES string of the molecule is COc1ccc(S(=O)(=O)n2cc(C=O)c3cc(Cl)c(Cl)cc32)cc1N1CCN(C(=O)C(Cl)(Cl)Cl)CC1. The van der Waals surface area contributed by atoms with Gasteiger partial charge in [-0.15, -0.1) is 0 Å². The zero-order valence-corrected chi connectivity index (χ0v) is 23.1. The van der Waals surface area contributed by atoms with Gasteiger partial charge in [-0.2, -0.15) is 0 Å². The molecule has 0 spiro atoms. The minimum Gasteiger partial charge on any atom is -0.495 e. The number of benzene rings is 2. The molecule has 192 valence electrons. The number of hydrogen-bond acceptors (Lipinski definition) is 6. The molecule has 1 amide bonds. The van der Waals surface area contributed by atoms with E-state index in [9.17, 15) is 18.0 Å². The zero-order valence-electron chi connectivity index (χ0n) is 18.6. The van der Waals surface area contributed by atoms with Gasteiger partial charge in [-0.25, -0.2) is 12.4 Å². The number of piperazine rings is 1. The van der Waals surface area contributed by atoms with Crippen LogP contribution in [-0.4, -0.2) is 66.6 Å². The van der Waals surface area contributed by atoms with Crippen LogP contribution in [0.5, 0.6) is 5.75 Å². The summed E-state index contributed by atoms with van der Waals surface area (Å²) in [4.78, 5) is 27.1. The fraction of sp³-hybridized carbons (Fsp3) is 0.273. The molecule has 0 saturated carbocycles. The molecule has 1 aromatic heterocycles. The van der Waals surface area contributed by atoms with E-state index in [0.717, 1.165) is 3.97 Å². The molecule has 1 aliphatic heterocycles. The highest BCUT2D eigenvalue weighted by molar-refractivity contribution is 7.90. The standard InChI is InChI=1S/C22H18Cl5N3O5S/c1-35-20-3-2-14(8-19(20)28-4-6-29(7-5-28)21(32)22(25,26)27)36(33,34)30-11-13(12-31)15-9-16(23)17(24)10-18(15)30/h2-3,8-12H,4-7H2,1H3. The molecule has 8 nitrogen and oxygen atoms in total. The van der Waals surface area contributed by atoms with Crippen molar-refractivity contribution in [2.75, 3.05) is 38.2 Å². The van der Waals surface area contributed by atoms with Crippen molar-refractivity contribution in [3.63, 3.8) is 0 Å². The highest BCUT2D eigenvalue weighted by Gasteiger charge is 2.37. The molecule has 4 rings (SSSR count). The molecule has 0 unspecified atom stereocenters. The lowest BCUT2D eigenvalue weighted by molar-refractivity contribution is -0.130. The summed E-state index contributed by atoms with van der Waals surface area (Å²) in [7, 11) is -2.69. The van der Waals surface area contributed by atoms with Crippen LogP contribution in [0.25, 0.3) is 10.9 Å². The number of ether oxygens (including phenoxy) is 1. The van der Waals surface area contributed by atoms with Gasteiger partial charge in [-0.3, -0.25) is 9.59 Å². The first-order valence-corrected chi connectivity index (χ1v) is 13.7. The number of halogens is 5. The van der Waals surface area contributed by atoms with E-state index >= 15 is 0 Å². The quantitative estimate of drug-likeness (QED) is 0.297. The molecule has 2 aromatic carbocycles. The van der Waals surface area contributed by atoms with Crippen LogP contribution in [0.2, 0.25) is 10.0 Å². The molecule has 0 aliphatic carbocycles. The van der Waals surface area contributed by atoms with Crippen LogP contribution in [0.3, 0.4) is 0 Å². The number of hydrogen-bond donors (Lipinski definition) is 0. The molecule has 0 atom stereocenters. The van der Waals surface area contributed by atoms with Crippen molar-refractivity contribution in [2.24, 2.45) is 0 Å². The van der Waals surface area contributed by atoms with Crippen LogP contribution >= 0.6 is 58.0 Å². The summed E-state index contributed by atoms with van der Waals surface area (Å²) in [5, 5.41) is 0.696. The monoisotopic (exact) mass is 611 g/mol. The Balaban J connectivity index is 1.72. The van der Waals surface area contributed by atoms with Gasteiger partial charge in [0.2, 0.25) is 0 Å². The normalized spacial score (nSPS) is 14.8. The van der Waals surface area contributed by atoms with E-state index in [1.165, 1.54) is 48.5 Å². The maximum absolute atomic E-state index is 13.7. The van der Waals surface area contributed by atoms with E-state index in [1.54, 1.807) is 0 Å². The number of nitrogens with zero attached hydrogens (tertiary/aromatic N) is 3. The highest BCUT2D eigenvalue weighted by atomic mass is 35.6. The van der Waals surface area contributed by atoms with E-state index in [4.69, 9.17) is 62.7 Å². The molecule has 3 aromatic rings. The number of fused-ring (bicyclic) bond motifs is 1. The summed E-state index contributed by atoms with van der Waals surface area (Å²) in [6.45, 7) is 1.22. The van der Waals surface area contributed by atoms with Crippen LogP contribution in [-0.2, 0) is 14.8 Å². The third-order valence-electron chi connectivity index (χ3n) is 5.83. The van der Waals surface area contributed by atoms with Gasteiger partial charge >= 0.3 is 0 Å². The van der Waals surface area contributed by atoms with E-state index < -0.39 is 19.7 Å². The Morgan fingerprint density at radius 3 is 2.25 bits per heavy atom. The molecule has 1 aliphatic rings. The number of aldehydes is 1. The van der Waals surface area contributed by atoms with Gasteiger partial charge in [0.15, 0.2) is 6.29 Å². The molecule has 14 heteroatoms. The predicted molar refractivity (Wildman–Crippen MR) is 142 cm³/mol. The fourth-order valence-corrected chi connectivity index (χ4v) is 6.10. The summed E-state index contributed by atoms with van der Waals surface area (Å²) < 4.78 is 31.7. The average molecular weight is 614 g/mol. The number of amides is 1. The molecule has 36 heavy (non-hydrogen) atoms. The second-order valence-corrected chi connectivity index (χ2v) is 12.8. The smallest absolute Gasteiger partial charge is 0.274 e. The van der Waals surface area contributed by atoms with E-state index in [1.807, 2.05) is 4.90 Å². The molecule has 1 fully saturated rings. The predicted octanol–water partition coefficient (Wildman–Crippen LogP) is 5.03. The summed E-state index contributed by atoms with van der Waals surface area (Å²) in [6.07, 6.45) is 1.78. The topological polar surface area (TPSA) is 88.9 Å². The lowest BCUT2D eigenvalue weighted by Gasteiger charge is -2.37. The number of aromatic nitrogens is 1. The molecule has 0 N–H and O–H groups in total. The van der Waals surface area contributed by atoms with E-state index in [-0.39, 0.29) is 39.1 Å². The van der Waals surface area contributed by atoms with Gasteiger partial charge in [0.25, 0.3) is 19.7 Å². The first-order chi connectivity index (χ1) is 16.9. The van der Waals surface area contributed by atoms with Crippen LogP contribution < -0.4 is 9.64 Å². The summed E-state index contributed by atoms with van der Waals surface area (Å²) in [6, 6.07) is 7.27. The third-order valence-corrected chi connectivity index (χ3v) is 8.70. The lowest BCUT2D eigenvalue weighted by Crippen LogP contribution is -2.51. The average Bonchev–Trinajstić information content (AvgIpc) is 3.21. The number of carbonyl (C=O) groups is 2. The van der Waals surface area contributed by atoms with Gasteiger partial charge < -0.3 is 14.5 Å². The minimum absolute atomic E-state index is 0.0430. The Kier molecular flexibility index (Phi) is 7.63. The Labute approximate surface area is 232 Å². The van der Waals surface area contributed by atoms with Crippen molar-refractivity contribution < 1.29 is 22.7 Å². The highest BCUT2D eigenvalue weighted by Crippen LogP contribution is 2.36. The molecule has 0 bridgehead atoms. The summed E-state index contributed by atoms with van der Waals surface area (Å²) in [5.41, 5.74) is 0.867. The fourth-order valence-electron chi connectivity index (χ4n) is 4.03. The molecular formula is C22H18Cl5N3O5S. The van der Waals surface area contributed by atoms with Crippen LogP contribution in [0.1, 0.15) is 10.4 Å². The van der Waals surface area contributed by atoms with Gasteiger partial charge in [-0.05, 0) is 30.3 Å². The van der Waals surface area contributed by atoms with Crippen LogP contribution in [0, 0.1) is 0 Å². The lowest BCUT2D eigenvalue weighted by atomic mass is 10.2. The van der Waals surface area contributed by atoms with Crippen molar-refractivity contribution in [1.82, 2.24) is 8.87 Å².